The van der Waals surface area contributed by atoms with E-state index in [1.54, 1.807) is 12.4 Å². The zero-order chi connectivity index (χ0) is 8.81. The van der Waals surface area contributed by atoms with Gasteiger partial charge >= 0.3 is 0 Å². The van der Waals surface area contributed by atoms with Crippen molar-refractivity contribution in [1.29, 1.82) is 0 Å². The number of para-hydroxylation sites is 2. The summed E-state index contributed by atoms with van der Waals surface area (Å²) in [6.45, 7) is 0. The second-order valence-corrected chi connectivity index (χ2v) is 2.05. The molecular formula is C8H9N3O. The molecule has 0 saturated carbocycles. The van der Waals surface area contributed by atoms with E-state index in [0.29, 0.717) is 0 Å². The predicted molar refractivity (Wildman–Crippen MR) is 45.5 cm³/mol. The number of rotatable bonds is 0. The minimum atomic E-state index is 0.949. The Morgan fingerprint density at radius 3 is 1.75 bits per heavy atom. The molecule has 0 bridgehead atoms. The van der Waals surface area contributed by atoms with E-state index in [9.17, 15) is 0 Å². The van der Waals surface area contributed by atoms with Crippen molar-refractivity contribution in [3.05, 3.63) is 36.7 Å². The molecule has 0 saturated heterocycles. The molecule has 0 atom stereocenters. The molecule has 0 fully saturated rings. The van der Waals surface area contributed by atoms with E-state index >= 15 is 0 Å². The van der Waals surface area contributed by atoms with Crippen LogP contribution in [0.4, 0.5) is 0 Å². The molecule has 2 aromatic rings. The Balaban J connectivity index is 0.000000336. The molecule has 0 aliphatic heterocycles. The van der Waals surface area contributed by atoms with Gasteiger partial charge in [0, 0.05) is 12.4 Å². The summed E-state index contributed by atoms with van der Waals surface area (Å²) >= 11 is 0. The quantitative estimate of drug-likeness (QED) is 0.567. The van der Waals surface area contributed by atoms with Gasteiger partial charge in [0.25, 0.3) is 0 Å². The van der Waals surface area contributed by atoms with E-state index in [-0.39, 0.29) is 0 Å². The molecule has 0 aliphatic carbocycles. The maximum atomic E-state index is 6.50. The molecule has 3 N–H and O–H groups in total. The fraction of sp³-hybridized carbons (Fsp3) is 0. The van der Waals surface area contributed by atoms with Gasteiger partial charge in [-0.2, -0.15) is 0 Å². The fourth-order valence-corrected chi connectivity index (χ4v) is 0.910. The summed E-state index contributed by atoms with van der Waals surface area (Å²) in [6.07, 6.45) is 3.39. The number of hydrogen-bond acceptors (Lipinski definition) is 4. The first-order valence-corrected chi connectivity index (χ1v) is 3.38. The average molecular weight is 163 g/mol. The predicted octanol–water partition coefficient (Wildman–Crippen LogP) is 0.964. The molecule has 1 heterocycles. The molecule has 4 heteroatoms. The van der Waals surface area contributed by atoms with Crippen LogP contribution in [-0.2, 0) is 0 Å². The second-order valence-electron chi connectivity index (χ2n) is 2.05. The molecular weight excluding hydrogens is 154 g/mol. The van der Waals surface area contributed by atoms with Crippen LogP contribution in [0, 0.1) is 0 Å². The van der Waals surface area contributed by atoms with Crippen molar-refractivity contribution in [1.82, 2.24) is 9.97 Å². The summed E-state index contributed by atoms with van der Waals surface area (Å²) in [6, 6.07) is 7.80. The third-order valence-corrected chi connectivity index (χ3v) is 1.38. The molecule has 12 heavy (non-hydrogen) atoms. The maximum absolute atomic E-state index is 6.50. The van der Waals surface area contributed by atoms with Crippen molar-refractivity contribution >= 4 is 11.0 Å². The Hall–Kier alpha value is -1.52. The van der Waals surface area contributed by atoms with E-state index in [2.05, 4.69) is 15.9 Å². The number of fused-ring (bicyclic) bond motifs is 1. The van der Waals surface area contributed by atoms with Gasteiger partial charge in [0.2, 0.25) is 0 Å². The van der Waals surface area contributed by atoms with Gasteiger partial charge in [0.1, 0.15) is 0 Å². The van der Waals surface area contributed by atoms with Crippen LogP contribution in [-0.4, -0.2) is 15.2 Å². The minimum Gasteiger partial charge on any atom is -0.320 e. The SMILES string of the molecule is NO.c1ccc2nccnc2c1. The first-order chi connectivity index (χ1) is 5.97. The Bertz CT molecular complexity index is 285. The van der Waals surface area contributed by atoms with Crippen molar-refractivity contribution in [3.8, 4) is 0 Å². The Kier molecular flexibility index (Phi) is 3.13. The smallest absolute Gasteiger partial charge is 0.0886 e. The third-order valence-electron chi connectivity index (χ3n) is 1.38. The van der Waals surface area contributed by atoms with Crippen LogP contribution in [0.25, 0.3) is 11.0 Å². The lowest BCUT2D eigenvalue weighted by atomic mass is 10.3. The van der Waals surface area contributed by atoms with Gasteiger partial charge in [-0.05, 0) is 12.1 Å². The third kappa shape index (κ3) is 1.75. The standard InChI is InChI=1S/C8H6N2.H3NO/c1-2-4-8-7(3-1)9-5-6-10-8;1-2/h1-6H;2H,1H2. The van der Waals surface area contributed by atoms with Crippen molar-refractivity contribution in [2.75, 3.05) is 0 Å². The lowest BCUT2D eigenvalue weighted by Crippen LogP contribution is -1.78. The molecule has 62 valence electrons. The molecule has 0 radical (unpaired) electrons. The van der Waals surface area contributed by atoms with E-state index in [0.717, 1.165) is 11.0 Å². The number of nitrogens with zero attached hydrogens (tertiary/aromatic N) is 2. The lowest BCUT2D eigenvalue weighted by Gasteiger charge is -1.90. The summed E-state index contributed by atoms with van der Waals surface area (Å²) in [5.74, 6) is 3.50. The molecule has 0 aliphatic rings. The van der Waals surface area contributed by atoms with Crippen LogP contribution in [0.5, 0.6) is 0 Å². The van der Waals surface area contributed by atoms with Gasteiger partial charge in [-0.25, -0.2) is 5.90 Å². The summed E-state index contributed by atoms with van der Waals surface area (Å²) in [4.78, 5) is 8.24. The largest absolute Gasteiger partial charge is 0.320 e. The summed E-state index contributed by atoms with van der Waals surface area (Å²) < 4.78 is 0. The van der Waals surface area contributed by atoms with Crippen LogP contribution >= 0.6 is 0 Å². The zero-order valence-corrected chi connectivity index (χ0v) is 6.38. The average Bonchev–Trinajstić information content (AvgIpc) is 2.21. The van der Waals surface area contributed by atoms with Crippen LogP contribution in [0.1, 0.15) is 0 Å². The summed E-state index contributed by atoms with van der Waals surface area (Å²) in [7, 11) is 0. The van der Waals surface area contributed by atoms with Gasteiger partial charge in [0.15, 0.2) is 0 Å². The van der Waals surface area contributed by atoms with Gasteiger partial charge in [-0.15, -0.1) is 0 Å². The minimum absolute atomic E-state index is 0.949. The van der Waals surface area contributed by atoms with Gasteiger partial charge < -0.3 is 5.21 Å². The molecule has 1 aromatic heterocycles. The monoisotopic (exact) mass is 163 g/mol. The highest BCUT2D eigenvalue weighted by molar-refractivity contribution is 5.72. The first-order valence-electron chi connectivity index (χ1n) is 3.38. The lowest BCUT2D eigenvalue weighted by molar-refractivity contribution is 0.311. The normalized spacial score (nSPS) is 8.83. The molecule has 0 amide bonds. The highest BCUT2D eigenvalue weighted by atomic mass is 16.4. The van der Waals surface area contributed by atoms with E-state index < -0.39 is 0 Å². The molecule has 1 aromatic carbocycles. The van der Waals surface area contributed by atoms with Gasteiger partial charge in [-0.3, -0.25) is 9.97 Å². The Labute approximate surface area is 69.6 Å². The van der Waals surface area contributed by atoms with E-state index in [1.165, 1.54) is 0 Å². The van der Waals surface area contributed by atoms with Crippen molar-refractivity contribution < 1.29 is 5.21 Å². The van der Waals surface area contributed by atoms with Crippen LogP contribution in [0.2, 0.25) is 0 Å². The van der Waals surface area contributed by atoms with Crippen LogP contribution in [0.15, 0.2) is 36.7 Å². The van der Waals surface area contributed by atoms with Crippen molar-refractivity contribution in [2.45, 2.75) is 0 Å². The van der Waals surface area contributed by atoms with Crippen LogP contribution < -0.4 is 5.90 Å². The second kappa shape index (κ2) is 4.38. The summed E-state index contributed by atoms with van der Waals surface area (Å²) in [5, 5.41) is 6.50. The number of aromatic nitrogens is 2. The fourth-order valence-electron chi connectivity index (χ4n) is 0.910. The number of hydrogen-bond donors (Lipinski definition) is 2. The number of nitrogens with two attached hydrogens (primary N) is 1. The van der Waals surface area contributed by atoms with Crippen molar-refractivity contribution in [3.63, 3.8) is 0 Å². The maximum Gasteiger partial charge on any atom is 0.0886 e. The molecule has 0 unspecified atom stereocenters. The van der Waals surface area contributed by atoms with Crippen molar-refractivity contribution in [2.24, 2.45) is 5.90 Å². The number of benzene rings is 1. The Morgan fingerprint density at radius 2 is 1.33 bits per heavy atom. The Morgan fingerprint density at radius 1 is 0.917 bits per heavy atom. The van der Waals surface area contributed by atoms with E-state index in [1.807, 2.05) is 24.3 Å². The molecule has 2 rings (SSSR count). The van der Waals surface area contributed by atoms with Gasteiger partial charge in [0.05, 0.1) is 11.0 Å². The summed E-state index contributed by atoms with van der Waals surface area (Å²) in [5.41, 5.74) is 1.90. The van der Waals surface area contributed by atoms with Gasteiger partial charge in [-0.1, -0.05) is 12.1 Å². The first kappa shape index (κ1) is 8.58. The highest BCUT2D eigenvalue weighted by Gasteiger charge is 1.88. The van der Waals surface area contributed by atoms with Crippen LogP contribution in [0.3, 0.4) is 0 Å². The highest BCUT2D eigenvalue weighted by Crippen LogP contribution is 2.04. The van der Waals surface area contributed by atoms with E-state index in [4.69, 9.17) is 5.21 Å². The topological polar surface area (TPSA) is 72.0 Å². The molecule has 4 nitrogen and oxygen atoms in total. The molecule has 0 spiro atoms. The zero-order valence-electron chi connectivity index (χ0n) is 6.38.